The third-order valence-electron chi connectivity index (χ3n) is 5.93. The fourth-order valence-electron chi connectivity index (χ4n) is 4.76. The number of aliphatic carboxylic acids is 1. The number of benzene rings is 1. The van der Waals surface area contributed by atoms with Gasteiger partial charge in [0, 0.05) is 30.2 Å². The lowest BCUT2D eigenvalue weighted by molar-refractivity contribution is -0.969. The van der Waals surface area contributed by atoms with Crippen LogP contribution in [0.1, 0.15) is 50.8 Å². The molecule has 0 radical (unpaired) electrons. The quantitative estimate of drug-likeness (QED) is 0.773. The van der Waals surface area contributed by atoms with Crippen molar-refractivity contribution in [2.45, 2.75) is 56.5 Å². The molecule has 1 aromatic carbocycles. The second-order valence-electron chi connectivity index (χ2n) is 7.32. The van der Waals surface area contributed by atoms with E-state index < -0.39 is 12.0 Å². The molecule has 1 N–H and O–H groups in total. The summed E-state index contributed by atoms with van der Waals surface area (Å²) in [5, 5.41) is 24.4. The summed E-state index contributed by atoms with van der Waals surface area (Å²) < 4.78 is 2.78. The van der Waals surface area contributed by atoms with Crippen LogP contribution in [0.3, 0.4) is 0 Å². The van der Waals surface area contributed by atoms with E-state index in [4.69, 9.17) is 0 Å². The average Bonchev–Trinajstić information content (AvgIpc) is 3.33. The molecule has 138 valence electrons. The Bertz CT molecular complexity index is 785. The van der Waals surface area contributed by atoms with Crippen LogP contribution in [0.25, 0.3) is 5.69 Å². The first kappa shape index (κ1) is 17.6. The summed E-state index contributed by atoms with van der Waals surface area (Å²) in [4.78, 5) is 12.8. The predicted molar refractivity (Wildman–Crippen MR) is 95.5 cm³/mol. The fourth-order valence-corrected chi connectivity index (χ4v) is 5.03. The highest BCUT2D eigenvalue weighted by atomic mass is 79.9. The van der Waals surface area contributed by atoms with Crippen molar-refractivity contribution >= 4 is 21.9 Å². The number of rotatable bonds is 4. The molecule has 0 bridgehead atoms. The number of likely N-dealkylation sites (tertiary alicyclic amines) is 1. The monoisotopic (exact) mass is 419 g/mol. The molecule has 1 saturated heterocycles. The first-order valence-corrected chi connectivity index (χ1v) is 10.0. The molecule has 1 aliphatic carbocycles. The first-order valence-electron chi connectivity index (χ1n) is 9.24. The van der Waals surface area contributed by atoms with E-state index >= 15 is 0 Å². The third-order valence-corrected chi connectivity index (χ3v) is 6.46. The Hall–Kier alpha value is -1.80. The van der Waals surface area contributed by atoms with Gasteiger partial charge in [-0.15, -0.1) is 5.10 Å². The third kappa shape index (κ3) is 2.95. The molecule has 0 spiro atoms. The van der Waals surface area contributed by atoms with Gasteiger partial charge >= 0.3 is 0 Å². The number of hydrogen-bond donors (Lipinski definition) is 1. The zero-order valence-electron chi connectivity index (χ0n) is 14.5. The maximum atomic E-state index is 11.8. The minimum atomic E-state index is -0.954. The molecule has 1 aromatic heterocycles. The fraction of sp³-hybridized carbons (Fsp3) is 0.556. The number of aromatic nitrogens is 4. The molecule has 2 fully saturated rings. The Morgan fingerprint density at radius 1 is 1.19 bits per heavy atom. The first-order chi connectivity index (χ1) is 12.6. The zero-order chi connectivity index (χ0) is 18.1. The molecular formula is C18H22BrN5O2. The smallest absolute Gasteiger partial charge is 0.217 e. The zero-order valence-corrected chi connectivity index (χ0v) is 16.1. The van der Waals surface area contributed by atoms with Crippen LogP contribution in [-0.4, -0.2) is 38.8 Å². The predicted octanol–water partition coefficient (Wildman–Crippen LogP) is 0.381. The van der Waals surface area contributed by atoms with Gasteiger partial charge in [-0.2, -0.15) is 4.68 Å². The standard InChI is InChI=1S/C18H22BrN5O2/c19-13-6-8-14(9-7-13)24-17(20-21-22-24)18(10-2-1-3-11-18)23-12-4-5-15(23)16(25)26/h6-9,15H,1-5,10-12H2,(H,25,26)/t15-/m1/s1. The van der Waals surface area contributed by atoms with Gasteiger partial charge in [0.05, 0.1) is 18.2 Å². The maximum Gasteiger partial charge on any atom is 0.217 e. The minimum Gasteiger partial charge on any atom is -0.544 e. The second kappa shape index (κ2) is 7.08. The molecule has 1 saturated carbocycles. The molecule has 8 heteroatoms. The van der Waals surface area contributed by atoms with E-state index in [1.165, 1.54) is 6.42 Å². The lowest BCUT2D eigenvalue weighted by Crippen LogP contribution is -3.21. The van der Waals surface area contributed by atoms with Crippen molar-refractivity contribution in [1.29, 1.82) is 0 Å². The number of hydrogen-bond acceptors (Lipinski definition) is 5. The van der Waals surface area contributed by atoms with E-state index in [1.807, 2.05) is 24.3 Å². The molecule has 0 amide bonds. The molecule has 4 rings (SSSR count). The number of nitrogens with zero attached hydrogens (tertiary/aromatic N) is 4. The molecule has 2 aromatic rings. The molecule has 2 aliphatic rings. The summed E-state index contributed by atoms with van der Waals surface area (Å²) in [7, 11) is 0. The second-order valence-corrected chi connectivity index (χ2v) is 8.24. The number of carboxylic acids is 1. The highest BCUT2D eigenvalue weighted by Gasteiger charge is 2.52. The van der Waals surface area contributed by atoms with Crippen molar-refractivity contribution in [2.24, 2.45) is 0 Å². The van der Waals surface area contributed by atoms with Gasteiger partial charge in [0.25, 0.3) is 0 Å². The van der Waals surface area contributed by atoms with Gasteiger partial charge in [-0.05, 0) is 47.5 Å². The van der Waals surface area contributed by atoms with E-state index in [0.717, 1.165) is 59.5 Å². The van der Waals surface area contributed by atoms with E-state index in [9.17, 15) is 9.90 Å². The molecular weight excluding hydrogens is 398 g/mol. The minimum absolute atomic E-state index is 0.365. The van der Waals surface area contributed by atoms with E-state index in [1.54, 1.807) is 4.68 Å². The van der Waals surface area contributed by atoms with Crippen molar-refractivity contribution in [3.8, 4) is 5.69 Å². The lowest BCUT2D eigenvalue weighted by atomic mass is 9.79. The van der Waals surface area contributed by atoms with Crippen LogP contribution < -0.4 is 10.0 Å². The number of carboxylic acid groups (broad SMARTS) is 1. The van der Waals surface area contributed by atoms with Crippen molar-refractivity contribution in [3.63, 3.8) is 0 Å². The van der Waals surface area contributed by atoms with E-state index in [-0.39, 0.29) is 5.54 Å². The van der Waals surface area contributed by atoms with Gasteiger partial charge in [-0.25, -0.2) is 0 Å². The van der Waals surface area contributed by atoms with Gasteiger partial charge < -0.3 is 14.8 Å². The Balaban J connectivity index is 1.80. The van der Waals surface area contributed by atoms with Crippen LogP contribution >= 0.6 is 15.9 Å². The van der Waals surface area contributed by atoms with Gasteiger partial charge in [0.2, 0.25) is 5.82 Å². The Labute approximate surface area is 160 Å². The van der Waals surface area contributed by atoms with Crippen LogP contribution in [0.2, 0.25) is 0 Å². The molecule has 26 heavy (non-hydrogen) atoms. The summed E-state index contributed by atoms with van der Waals surface area (Å²) in [6.45, 7) is 0.825. The topological polar surface area (TPSA) is 88.2 Å². The highest BCUT2D eigenvalue weighted by molar-refractivity contribution is 9.10. The number of tetrazole rings is 1. The van der Waals surface area contributed by atoms with Crippen LogP contribution in [0, 0.1) is 0 Å². The van der Waals surface area contributed by atoms with Gasteiger partial charge in [0.1, 0.15) is 6.04 Å². The SMILES string of the molecule is O=C([O-])[C@H]1CCC[NH+]1C1(c2nnnn2-c2ccc(Br)cc2)CCCCC1. The maximum absolute atomic E-state index is 11.8. The van der Waals surface area contributed by atoms with Crippen molar-refractivity contribution < 1.29 is 14.8 Å². The average molecular weight is 420 g/mol. The van der Waals surface area contributed by atoms with Gasteiger partial charge in [-0.1, -0.05) is 22.4 Å². The molecule has 1 aliphatic heterocycles. The largest absolute Gasteiger partial charge is 0.544 e. The van der Waals surface area contributed by atoms with Crippen LogP contribution in [0.4, 0.5) is 0 Å². The summed E-state index contributed by atoms with van der Waals surface area (Å²) in [5.74, 6) is -0.173. The number of nitrogens with one attached hydrogen (secondary N) is 1. The summed E-state index contributed by atoms with van der Waals surface area (Å²) in [5.41, 5.74) is 0.525. The molecule has 7 nitrogen and oxygen atoms in total. The summed E-state index contributed by atoms with van der Waals surface area (Å²) in [6, 6.07) is 7.37. The van der Waals surface area contributed by atoms with Gasteiger partial charge in [0.15, 0.2) is 5.54 Å². The van der Waals surface area contributed by atoms with Gasteiger partial charge in [-0.3, -0.25) is 0 Å². The number of carbonyl (C=O) groups excluding carboxylic acids is 1. The summed E-state index contributed by atoms with van der Waals surface area (Å²) >= 11 is 3.45. The molecule has 2 heterocycles. The van der Waals surface area contributed by atoms with E-state index in [0.29, 0.717) is 6.42 Å². The Morgan fingerprint density at radius 3 is 2.62 bits per heavy atom. The normalized spacial score (nSPS) is 25.3. The number of halogens is 1. The number of quaternary nitrogens is 1. The molecule has 1 unspecified atom stereocenters. The van der Waals surface area contributed by atoms with Crippen LogP contribution in [0.15, 0.2) is 28.7 Å². The van der Waals surface area contributed by atoms with Crippen LogP contribution in [0.5, 0.6) is 0 Å². The van der Waals surface area contributed by atoms with E-state index in [2.05, 4.69) is 31.5 Å². The number of carbonyl (C=O) groups is 1. The van der Waals surface area contributed by atoms with Crippen molar-refractivity contribution in [3.05, 3.63) is 34.6 Å². The van der Waals surface area contributed by atoms with Crippen molar-refractivity contribution in [1.82, 2.24) is 20.2 Å². The van der Waals surface area contributed by atoms with Crippen LogP contribution in [-0.2, 0) is 10.3 Å². The highest BCUT2D eigenvalue weighted by Crippen LogP contribution is 2.35. The Kier molecular flexibility index (Phi) is 4.79. The molecule has 2 atom stereocenters. The van der Waals surface area contributed by atoms with Crippen molar-refractivity contribution in [2.75, 3.05) is 6.54 Å². The lowest BCUT2D eigenvalue weighted by Gasteiger charge is -2.43. The summed E-state index contributed by atoms with van der Waals surface area (Å²) in [6.07, 6.45) is 6.68. The Morgan fingerprint density at radius 2 is 1.92 bits per heavy atom.